The SMILES string of the molecule is CCCOc1ccc(/C=C/C(=O)NCCC(C)C)cc1. The molecule has 1 aromatic carbocycles. The van der Waals surface area contributed by atoms with Gasteiger partial charge in [-0.3, -0.25) is 4.79 Å². The van der Waals surface area contributed by atoms with E-state index in [0.29, 0.717) is 5.92 Å². The first-order valence-electron chi connectivity index (χ1n) is 7.30. The molecule has 3 heteroatoms. The lowest BCUT2D eigenvalue weighted by molar-refractivity contribution is -0.116. The average molecular weight is 275 g/mol. The van der Waals surface area contributed by atoms with E-state index in [1.165, 1.54) is 0 Å². The van der Waals surface area contributed by atoms with Crippen LogP contribution in [0.2, 0.25) is 0 Å². The Morgan fingerprint density at radius 1 is 1.30 bits per heavy atom. The third-order valence-corrected chi connectivity index (χ3v) is 2.80. The van der Waals surface area contributed by atoms with E-state index >= 15 is 0 Å². The molecular formula is C17H25NO2. The highest BCUT2D eigenvalue weighted by Gasteiger charge is 1.97. The summed E-state index contributed by atoms with van der Waals surface area (Å²) in [5, 5.41) is 2.87. The number of nitrogens with one attached hydrogen (secondary N) is 1. The number of rotatable bonds is 8. The van der Waals surface area contributed by atoms with E-state index in [1.54, 1.807) is 6.08 Å². The highest BCUT2D eigenvalue weighted by Crippen LogP contribution is 2.13. The lowest BCUT2D eigenvalue weighted by atomic mass is 10.1. The summed E-state index contributed by atoms with van der Waals surface area (Å²) in [6, 6.07) is 7.74. The van der Waals surface area contributed by atoms with Crippen LogP contribution < -0.4 is 10.1 Å². The van der Waals surface area contributed by atoms with Gasteiger partial charge in [-0.25, -0.2) is 0 Å². The highest BCUT2D eigenvalue weighted by molar-refractivity contribution is 5.91. The van der Waals surface area contributed by atoms with Crippen molar-refractivity contribution in [3.05, 3.63) is 35.9 Å². The van der Waals surface area contributed by atoms with Gasteiger partial charge in [-0.05, 0) is 42.5 Å². The molecule has 1 N–H and O–H groups in total. The molecule has 1 rings (SSSR count). The predicted octanol–water partition coefficient (Wildman–Crippen LogP) is 3.65. The number of carbonyl (C=O) groups is 1. The first kappa shape index (κ1) is 16.3. The second-order valence-corrected chi connectivity index (χ2v) is 5.22. The molecule has 0 bridgehead atoms. The van der Waals surface area contributed by atoms with E-state index in [1.807, 2.05) is 30.3 Å². The minimum absolute atomic E-state index is 0.0445. The second kappa shape index (κ2) is 9.18. The van der Waals surface area contributed by atoms with E-state index in [4.69, 9.17) is 4.74 Å². The molecule has 0 spiro atoms. The van der Waals surface area contributed by atoms with Crippen molar-refractivity contribution >= 4 is 12.0 Å². The smallest absolute Gasteiger partial charge is 0.243 e. The Kier molecular flexibility index (Phi) is 7.48. The minimum atomic E-state index is -0.0445. The second-order valence-electron chi connectivity index (χ2n) is 5.22. The van der Waals surface area contributed by atoms with Crippen molar-refractivity contribution in [3.8, 4) is 5.75 Å². The fourth-order valence-electron chi connectivity index (χ4n) is 1.61. The van der Waals surface area contributed by atoms with E-state index in [-0.39, 0.29) is 5.91 Å². The van der Waals surface area contributed by atoms with Crippen LogP contribution in [0.25, 0.3) is 6.08 Å². The summed E-state index contributed by atoms with van der Waals surface area (Å²) < 4.78 is 5.51. The van der Waals surface area contributed by atoms with Crippen LogP contribution in [0, 0.1) is 5.92 Å². The summed E-state index contributed by atoms with van der Waals surface area (Å²) in [5.41, 5.74) is 0.993. The lowest BCUT2D eigenvalue weighted by Gasteiger charge is -2.05. The van der Waals surface area contributed by atoms with Gasteiger partial charge in [-0.2, -0.15) is 0 Å². The van der Waals surface area contributed by atoms with Crippen molar-refractivity contribution in [1.29, 1.82) is 0 Å². The van der Waals surface area contributed by atoms with Gasteiger partial charge in [0.2, 0.25) is 5.91 Å². The van der Waals surface area contributed by atoms with Crippen molar-refractivity contribution in [2.75, 3.05) is 13.2 Å². The van der Waals surface area contributed by atoms with Gasteiger partial charge in [-0.15, -0.1) is 0 Å². The molecule has 0 aliphatic carbocycles. The van der Waals surface area contributed by atoms with Crippen LogP contribution in [0.3, 0.4) is 0 Å². The number of hydrogen-bond donors (Lipinski definition) is 1. The van der Waals surface area contributed by atoms with Crippen molar-refractivity contribution < 1.29 is 9.53 Å². The summed E-state index contributed by atoms with van der Waals surface area (Å²) in [7, 11) is 0. The maximum atomic E-state index is 11.6. The normalized spacial score (nSPS) is 11.0. The molecule has 1 amide bonds. The molecule has 20 heavy (non-hydrogen) atoms. The molecule has 0 radical (unpaired) electrons. The molecule has 0 aromatic heterocycles. The Morgan fingerprint density at radius 3 is 2.60 bits per heavy atom. The number of ether oxygens (including phenoxy) is 1. The molecule has 0 heterocycles. The van der Waals surface area contributed by atoms with Gasteiger partial charge >= 0.3 is 0 Å². The lowest BCUT2D eigenvalue weighted by Crippen LogP contribution is -2.23. The van der Waals surface area contributed by atoms with E-state index in [2.05, 4.69) is 26.1 Å². The minimum Gasteiger partial charge on any atom is -0.494 e. The number of benzene rings is 1. The monoisotopic (exact) mass is 275 g/mol. The van der Waals surface area contributed by atoms with Crippen LogP contribution in [0.15, 0.2) is 30.3 Å². The molecule has 0 saturated carbocycles. The molecule has 1 aromatic rings. The summed E-state index contributed by atoms with van der Waals surface area (Å²) in [6.07, 6.45) is 5.39. The third kappa shape index (κ3) is 6.98. The van der Waals surface area contributed by atoms with Gasteiger partial charge in [-0.1, -0.05) is 32.9 Å². The van der Waals surface area contributed by atoms with E-state index in [0.717, 1.165) is 37.3 Å². The molecule has 0 unspecified atom stereocenters. The van der Waals surface area contributed by atoms with Gasteiger partial charge < -0.3 is 10.1 Å². The first-order chi connectivity index (χ1) is 9.61. The number of amides is 1. The molecule has 0 saturated heterocycles. The van der Waals surface area contributed by atoms with Crippen LogP contribution in [0.4, 0.5) is 0 Å². The first-order valence-corrected chi connectivity index (χ1v) is 7.30. The molecule has 3 nitrogen and oxygen atoms in total. The Balaban J connectivity index is 2.39. The maximum Gasteiger partial charge on any atom is 0.243 e. The van der Waals surface area contributed by atoms with Crippen LogP contribution in [-0.4, -0.2) is 19.1 Å². The van der Waals surface area contributed by atoms with E-state index in [9.17, 15) is 4.79 Å². The third-order valence-electron chi connectivity index (χ3n) is 2.80. The van der Waals surface area contributed by atoms with Gasteiger partial charge in [0.05, 0.1) is 6.61 Å². The van der Waals surface area contributed by atoms with Crippen LogP contribution in [-0.2, 0) is 4.79 Å². The quantitative estimate of drug-likeness (QED) is 0.735. The van der Waals surface area contributed by atoms with Crippen molar-refractivity contribution in [3.63, 3.8) is 0 Å². The summed E-state index contributed by atoms with van der Waals surface area (Å²) >= 11 is 0. The largest absolute Gasteiger partial charge is 0.494 e. The van der Waals surface area contributed by atoms with Crippen molar-refractivity contribution in [1.82, 2.24) is 5.32 Å². The van der Waals surface area contributed by atoms with Crippen LogP contribution in [0.5, 0.6) is 5.75 Å². The maximum absolute atomic E-state index is 11.6. The van der Waals surface area contributed by atoms with Gasteiger partial charge in [0.15, 0.2) is 0 Å². The Hall–Kier alpha value is -1.77. The van der Waals surface area contributed by atoms with E-state index < -0.39 is 0 Å². The zero-order chi connectivity index (χ0) is 14.8. The molecule has 0 atom stereocenters. The predicted molar refractivity (Wildman–Crippen MR) is 83.7 cm³/mol. The highest BCUT2D eigenvalue weighted by atomic mass is 16.5. The van der Waals surface area contributed by atoms with Crippen molar-refractivity contribution in [2.45, 2.75) is 33.6 Å². The molecular weight excluding hydrogens is 250 g/mol. The van der Waals surface area contributed by atoms with Crippen molar-refractivity contribution in [2.24, 2.45) is 5.92 Å². The Labute approximate surface area is 122 Å². The summed E-state index contributed by atoms with van der Waals surface area (Å²) in [4.78, 5) is 11.6. The molecule has 0 aliphatic heterocycles. The van der Waals surface area contributed by atoms with Crippen LogP contribution in [0.1, 0.15) is 39.2 Å². The molecule has 0 aliphatic rings. The Bertz CT molecular complexity index is 421. The van der Waals surface area contributed by atoms with Crippen LogP contribution >= 0.6 is 0 Å². The Morgan fingerprint density at radius 2 is 2.00 bits per heavy atom. The molecule has 0 fully saturated rings. The fraction of sp³-hybridized carbons (Fsp3) is 0.471. The zero-order valence-electron chi connectivity index (χ0n) is 12.7. The fourth-order valence-corrected chi connectivity index (χ4v) is 1.61. The topological polar surface area (TPSA) is 38.3 Å². The average Bonchev–Trinajstić information content (AvgIpc) is 2.43. The van der Waals surface area contributed by atoms with Gasteiger partial charge in [0.25, 0.3) is 0 Å². The summed E-state index contributed by atoms with van der Waals surface area (Å²) in [5.74, 6) is 1.43. The number of hydrogen-bond acceptors (Lipinski definition) is 2. The zero-order valence-corrected chi connectivity index (χ0v) is 12.7. The standard InChI is InChI=1S/C17H25NO2/c1-4-13-20-16-8-5-15(6-9-16)7-10-17(19)18-12-11-14(2)3/h5-10,14H,4,11-13H2,1-3H3,(H,18,19)/b10-7+. The van der Waals surface area contributed by atoms with Gasteiger partial charge in [0.1, 0.15) is 5.75 Å². The number of carbonyl (C=O) groups excluding carboxylic acids is 1. The van der Waals surface area contributed by atoms with Gasteiger partial charge in [0, 0.05) is 12.6 Å². The molecule has 110 valence electrons. The summed E-state index contributed by atoms with van der Waals surface area (Å²) in [6.45, 7) is 7.82.